The highest BCUT2D eigenvalue weighted by atomic mass is 16.5. The Morgan fingerprint density at radius 3 is 2.18 bits per heavy atom. The van der Waals surface area contributed by atoms with Crippen LogP contribution in [0, 0.1) is 5.92 Å². The third-order valence-electron chi connectivity index (χ3n) is 2.65. The van der Waals surface area contributed by atoms with E-state index in [1.54, 1.807) is 31.4 Å². The van der Waals surface area contributed by atoms with Crippen LogP contribution in [0.1, 0.15) is 37.0 Å². The highest BCUT2D eigenvalue weighted by molar-refractivity contribution is 5.98. The van der Waals surface area contributed by atoms with Crippen LogP contribution < -0.4 is 4.74 Å². The summed E-state index contributed by atoms with van der Waals surface area (Å²) in [6.45, 7) is 3.69. The SMILES string of the molecule is COc1ccc(C(=O)CCC(=O)C(C)C)cc1. The van der Waals surface area contributed by atoms with E-state index in [4.69, 9.17) is 4.74 Å². The van der Waals surface area contributed by atoms with Crippen LogP contribution in [0.5, 0.6) is 5.75 Å². The summed E-state index contributed by atoms with van der Waals surface area (Å²) >= 11 is 0. The lowest BCUT2D eigenvalue weighted by molar-refractivity contribution is -0.121. The molecule has 0 saturated heterocycles. The Morgan fingerprint density at radius 2 is 1.71 bits per heavy atom. The summed E-state index contributed by atoms with van der Waals surface area (Å²) < 4.78 is 5.01. The fourth-order valence-electron chi connectivity index (χ4n) is 1.45. The Labute approximate surface area is 102 Å². The summed E-state index contributed by atoms with van der Waals surface area (Å²) in [5.74, 6) is 0.854. The zero-order valence-electron chi connectivity index (χ0n) is 10.5. The minimum absolute atomic E-state index is 0.00123. The van der Waals surface area contributed by atoms with Gasteiger partial charge < -0.3 is 4.74 Å². The molecule has 0 atom stereocenters. The predicted molar refractivity (Wildman–Crippen MR) is 66.4 cm³/mol. The predicted octanol–water partition coefficient (Wildman–Crippen LogP) is 2.88. The smallest absolute Gasteiger partial charge is 0.163 e. The molecule has 1 aromatic carbocycles. The molecule has 0 spiro atoms. The van der Waals surface area contributed by atoms with Crippen molar-refractivity contribution in [2.75, 3.05) is 7.11 Å². The maximum Gasteiger partial charge on any atom is 0.163 e. The first-order valence-electron chi connectivity index (χ1n) is 5.74. The van der Waals surface area contributed by atoms with Gasteiger partial charge in [-0.3, -0.25) is 9.59 Å². The van der Waals surface area contributed by atoms with Gasteiger partial charge >= 0.3 is 0 Å². The Hall–Kier alpha value is -1.64. The van der Waals surface area contributed by atoms with Crippen LogP contribution in [0.4, 0.5) is 0 Å². The topological polar surface area (TPSA) is 43.4 Å². The number of Topliss-reactive ketones (excluding diaryl/α,β-unsaturated/α-hetero) is 2. The molecule has 0 aliphatic heterocycles. The van der Waals surface area contributed by atoms with Crippen molar-refractivity contribution in [2.45, 2.75) is 26.7 Å². The molecule has 92 valence electrons. The largest absolute Gasteiger partial charge is 0.497 e. The van der Waals surface area contributed by atoms with Crippen molar-refractivity contribution in [3.63, 3.8) is 0 Å². The first-order chi connectivity index (χ1) is 8.04. The summed E-state index contributed by atoms with van der Waals surface area (Å²) in [6.07, 6.45) is 0.603. The number of methoxy groups -OCH3 is 1. The number of carbonyl (C=O) groups is 2. The van der Waals surface area contributed by atoms with E-state index < -0.39 is 0 Å². The van der Waals surface area contributed by atoms with Crippen LogP contribution in [0.25, 0.3) is 0 Å². The van der Waals surface area contributed by atoms with Gasteiger partial charge in [0.05, 0.1) is 7.11 Å². The zero-order chi connectivity index (χ0) is 12.8. The van der Waals surface area contributed by atoms with Gasteiger partial charge in [-0.2, -0.15) is 0 Å². The van der Waals surface area contributed by atoms with E-state index in [2.05, 4.69) is 0 Å². The van der Waals surface area contributed by atoms with Crippen LogP contribution in [0.3, 0.4) is 0 Å². The Morgan fingerprint density at radius 1 is 1.12 bits per heavy atom. The molecule has 1 rings (SSSR count). The number of hydrogen-bond acceptors (Lipinski definition) is 3. The number of rotatable bonds is 6. The van der Waals surface area contributed by atoms with E-state index in [1.807, 2.05) is 13.8 Å². The minimum Gasteiger partial charge on any atom is -0.497 e. The molecule has 0 fully saturated rings. The number of carbonyl (C=O) groups excluding carboxylic acids is 2. The van der Waals surface area contributed by atoms with Crippen molar-refractivity contribution in [3.05, 3.63) is 29.8 Å². The fraction of sp³-hybridized carbons (Fsp3) is 0.429. The van der Waals surface area contributed by atoms with Crippen molar-refractivity contribution < 1.29 is 14.3 Å². The lowest BCUT2D eigenvalue weighted by atomic mass is 10.00. The van der Waals surface area contributed by atoms with Gasteiger partial charge in [-0.25, -0.2) is 0 Å². The second-order valence-electron chi connectivity index (χ2n) is 4.27. The maximum atomic E-state index is 11.8. The molecule has 0 heterocycles. The van der Waals surface area contributed by atoms with E-state index in [1.165, 1.54) is 0 Å². The fourth-order valence-corrected chi connectivity index (χ4v) is 1.45. The molecule has 0 N–H and O–H groups in total. The number of benzene rings is 1. The third-order valence-corrected chi connectivity index (χ3v) is 2.65. The molecule has 0 aliphatic carbocycles. The first-order valence-corrected chi connectivity index (χ1v) is 5.74. The van der Waals surface area contributed by atoms with Crippen molar-refractivity contribution >= 4 is 11.6 Å². The second kappa shape index (κ2) is 6.18. The number of hydrogen-bond donors (Lipinski definition) is 0. The standard InChI is InChI=1S/C14H18O3/c1-10(2)13(15)8-9-14(16)11-4-6-12(17-3)7-5-11/h4-7,10H,8-9H2,1-3H3. The van der Waals surface area contributed by atoms with E-state index in [0.717, 1.165) is 5.75 Å². The summed E-state index contributed by atoms with van der Waals surface area (Å²) in [5.41, 5.74) is 0.627. The van der Waals surface area contributed by atoms with E-state index in [9.17, 15) is 9.59 Å². The van der Waals surface area contributed by atoms with E-state index >= 15 is 0 Å². The van der Waals surface area contributed by atoms with Gasteiger partial charge in [0.1, 0.15) is 11.5 Å². The minimum atomic E-state index is -0.00123. The van der Waals surface area contributed by atoms with Crippen LogP contribution in [0.15, 0.2) is 24.3 Å². The summed E-state index contributed by atoms with van der Waals surface area (Å²) in [6, 6.07) is 6.94. The third kappa shape index (κ3) is 4.02. The molecular weight excluding hydrogens is 216 g/mol. The highest BCUT2D eigenvalue weighted by Crippen LogP contribution is 2.14. The molecule has 17 heavy (non-hydrogen) atoms. The molecule has 0 amide bonds. The zero-order valence-corrected chi connectivity index (χ0v) is 10.5. The molecule has 3 heteroatoms. The van der Waals surface area contributed by atoms with Gasteiger partial charge in [-0.1, -0.05) is 13.8 Å². The molecule has 0 aliphatic rings. The first kappa shape index (κ1) is 13.4. The van der Waals surface area contributed by atoms with Crippen molar-refractivity contribution in [1.82, 2.24) is 0 Å². The summed E-state index contributed by atoms with van der Waals surface area (Å²) in [7, 11) is 1.58. The van der Waals surface area contributed by atoms with Gasteiger partial charge in [0.25, 0.3) is 0 Å². The van der Waals surface area contributed by atoms with Gasteiger partial charge in [0, 0.05) is 24.3 Å². The second-order valence-corrected chi connectivity index (χ2v) is 4.27. The number of ether oxygens (including phenoxy) is 1. The van der Waals surface area contributed by atoms with Gasteiger partial charge in [0.15, 0.2) is 5.78 Å². The molecule has 3 nitrogen and oxygen atoms in total. The Balaban J connectivity index is 2.55. The lowest BCUT2D eigenvalue weighted by Crippen LogP contribution is -2.09. The molecule has 0 saturated carbocycles. The molecular formula is C14H18O3. The quantitative estimate of drug-likeness (QED) is 0.711. The molecule has 1 aromatic rings. The number of ketones is 2. The lowest BCUT2D eigenvalue weighted by Gasteiger charge is -2.04. The van der Waals surface area contributed by atoms with E-state index in [0.29, 0.717) is 12.0 Å². The average molecular weight is 234 g/mol. The summed E-state index contributed by atoms with van der Waals surface area (Å²) in [4.78, 5) is 23.2. The van der Waals surface area contributed by atoms with Crippen LogP contribution in [-0.4, -0.2) is 18.7 Å². The monoisotopic (exact) mass is 234 g/mol. The summed E-state index contributed by atoms with van der Waals surface area (Å²) in [5, 5.41) is 0. The van der Waals surface area contributed by atoms with Crippen molar-refractivity contribution in [1.29, 1.82) is 0 Å². The van der Waals surface area contributed by atoms with Gasteiger partial charge in [-0.05, 0) is 24.3 Å². The van der Waals surface area contributed by atoms with Crippen LogP contribution in [-0.2, 0) is 4.79 Å². The Bertz CT molecular complexity index is 390. The van der Waals surface area contributed by atoms with E-state index in [-0.39, 0.29) is 23.9 Å². The average Bonchev–Trinajstić information content (AvgIpc) is 2.35. The van der Waals surface area contributed by atoms with Crippen LogP contribution in [0.2, 0.25) is 0 Å². The molecule has 0 aromatic heterocycles. The molecule has 0 unspecified atom stereocenters. The van der Waals surface area contributed by atoms with Gasteiger partial charge in [0.2, 0.25) is 0 Å². The van der Waals surface area contributed by atoms with Crippen molar-refractivity contribution in [2.24, 2.45) is 5.92 Å². The molecule has 0 radical (unpaired) electrons. The van der Waals surface area contributed by atoms with Gasteiger partial charge in [-0.15, -0.1) is 0 Å². The highest BCUT2D eigenvalue weighted by Gasteiger charge is 2.11. The molecule has 0 bridgehead atoms. The van der Waals surface area contributed by atoms with Crippen molar-refractivity contribution in [3.8, 4) is 5.75 Å². The van der Waals surface area contributed by atoms with Crippen LogP contribution >= 0.6 is 0 Å². The Kier molecular flexibility index (Phi) is 4.88. The normalized spacial score (nSPS) is 10.4. The maximum absolute atomic E-state index is 11.8.